The Labute approximate surface area is 148 Å². The molecule has 2 rings (SSSR count). The average molecular weight is 340 g/mol. The van der Waals surface area contributed by atoms with Crippen LogP contribution in [-0.2, 0) is 16.1 Å². The number of carbonyl (C=O) groups is 2. The molecule has 132 valence electrons. The minimum atomic E-state index is -0.223. The summed E-state index contributed by atoms with van der Waals surface area (Å²) in [5.41, 5.74) is 3.84. The molecule has 0 unspecified atom stereocenters. The zero-order valence-electron chi connectivity index (χ0n) is 15.1. The molecule has 0 aliphatic heterocycles. The number of methoxy groups -OCH3 is 1. The summed E-state index contributed by atoms with van der Waals surface area (Å²) in [7, 11) is 1.60. The maximum atomic E-state index is 12.3. The third-order valence-corrected chi connectivity index (χ3v) is 4.15. The van der Waals surface area contributed by atoms with Crippen LogP contribution in [-0.4, -0.2) is 25.5 Å². The first-order valence-corrected chi connectivity index (χ1v) is 8.16. The molecule has 0 heterocycles. The summed E-state index contributed by atoms with van der Waals surface area (Å²) >= 11 is 0. The third-order valence-electron chi connectivity index (χ3n) is 4.15. The van der Waals surface area contributed by atoms with E-state index < -0.39 is 0 Å². The zero-order chi connectivity index (χ0) is 18.4. The SMILES string of the molecule is COc1ccccc1CNC(=O)CN(C(C)=O)c1ccc(C)c(C)c1. The lowest BCUT2D eigenvalue weighted by Gasteiger charge is -2.21. The second-order valence-corrected chi connectivity index (χ2v) is 5.96. The molecule has 0 saturated heterocycles. The van der Waals surface area contributed by atoms with Gasteiger partial charge in [-0.25, -0.2) is 0 Å². The number of nitrogens with one attached hydrogen (secondary N) is 1. The second-order valence-electron chi connectivity index (χ2n) is 5.96. The van der Waals surface area contributed by atoms with Gasteiger partial charge in [0.2, 0.25) is 11.8 Å². The summed E-state index contributed by atoms with van der Waals surface area (Å²) in [6, 6.07) is 13.2. The van der Waals surface area contributed by atoms with Gasteiger partial charge in [0.15, 0.2) is 0 Å². The lowest BCUT2D eigenvalue weighted by atomic mass is 10.1. The molecule has 0 atom stereocenters. The highest BCUT2D eigenvalue weighted by Gasteiger charge is 2.16. The summed E-state index contributed by atoms with van der Waals surface area (Å²) in [5, 5.41) is 2.84. The molecule has 2 amide bonds. The van der Waals surface area contributed by atoms with Crippen molar-refractivity contribution in [3.05, 3.63) is 59.2 Å². The fourth-order valence-corrected chi connectivity index (χ4v) is 2.52. The standard InChI is InChI=1S/C20H24N2O3/c1-14-9-10-18(11-15(14)2)22(16(3)23)13-20(24)21-12-17-7-5-6-8-19(17)25-4/h5-11H,12-13H2,1-4H3,(H,21,24). The number of amides is 2. The van der Waals surface area contributed by atoms with Crippen molar-refractivity contribution in [3.63, 3.8) is 0 Å². The Bertz CT molecular complexity index is 771. The highest BCUT2D eigenvalue weighted by molar-refractivity contribution is 5.97. The van der Waals surface area contributed by atoms with Crippen molar-refractivity contribution in [1.29, 1.82) is 0 Å². The van der Waals surface area contributed by atoms with Crippen molar-refractivity contribution < 1.29 is 14.3 Å². The Hall–Kier alpha value is -2.82. The van der Waals surface area contributed by atoms with E-state index >= 15 is 0 Å². The normalized spacial score (nSPS) is 10.2. The van der Waals surface area contributed by atoms with E-state index in [9.17, 15) is 9.59 Å². The second kappa shape index (κ2) is 8.33. The van der Waals surface area contributed by atoms with Gasteiger partial charge in [-0.15, -0.1) is 0 Å². The maximum absolute atomic E-state index is 12.3. The Morgan fingerprint density at radius 3 is 2.44 bits per heavy atom. The monoisotopic (exact) mass is 340 g/mol. The molecular weight excluding hydrogens is 316 g/mol. The van der Waals surface area contributed by atoms with Crippen LogP contribution < -0.4 is 15.0 Å². The number of para-hydroxylation sites is 1. The van der Waals surface area contributed by atoms with E-state index in [-0.39, 0.29) is 18.4 Å². The molecule has 5 nitrogen and oxygen atoms in total. The first-order valence-electron chi connectivity index (χ1n) is 8.16. The summed E-state index contributed by atoms with van der Waals surface area (Å²) in [4.78, 5) is 25.8. The maximum Gasteiger partial charge on any atom is 0.240 e. The number of nitrogens with zero attached hydrogens (tertiary/aromatic N) is 1. The van der Waals surface area contributed by atoms with Crippen LogP contribution >= 0.6 is 0 Å². The van der Waals surface area contributed by atoms with Crippen LogP contribution in [0.15, 0.2) is 42.5 Å². The van der Waals surface area contributed by atoms with Gasteiger partial charge < -0.3 is 15.0 Å². The van der Waals surface area contributed by atoms with E-state index in [0.717, 1.165) is 28.1 Å². The Kier molecular flexibility index (Phi) is 6.17. The first kappa shape index (κ1) is 18.5. The van der Waals surface area contributed by atoms with Gasteiger partial charge in [0.1, 0.15) is 12.3 Å². The van der Waals surface area contributed by atoms with Crippen LogP contribution in [0.2, 0.25) is 0 Å². The van der Waals surface area contributed by atoms with E-state index in [0.29, 0.717) is 6.54 Å². The summed E-state index contributed by atoms with van der Waals surface area (Å²) in [6.07, 6.45) is 0. The highest BCUT2D eigenvalue weighted by atomic mass is 16.5. The number of carbonyl (C=O) groups excluding carboxylic acids is 2. The van der Waals surface area contributed by atoms with E-state index in [1.54, 1.807) is 7.11 Å². The lowest BCUT2D eigenvalue weighted by Crippen LogP contribution is -2.39. The summed E-state index contributed by atoms with van der Waals surface area (Å²) in [6.45, 7) is 5.78. The number of hydrogen-bond acceptors (Lipinski definition) is 3. The Morgan fingerprint density at radius 2 is 1.80 bits per heavy atom. The first-order chi connectivity index (χ1) is 11.9. The van der Waals surface area contributed by atoms with Crippen LogP contribution in [0, 0.1) is 13.8 Å². The van der Waals surface area contributed by atoms with E-state index in [1.165, 1.54) is 11.8 Å². The van der Waals surface area contributed by atoms with Gasteiger partial charge in [0, 0.05) is 24.7 Å². The molecule has 0 bridgehead atoms. The van der Waals surface area contributed by atoms with Crippen LogP contribution in [0.3, 0.4) is 0 Å². The molecule has 0 aliphatic carbocycles. The van der Waals surface area contributed by atoms with E-state index in [1.807, 2.05) is 56.3 Å². The number of benzene rings is 2. The fourth-order valence-electron chi connectivity index (χ4n) is 2.52. The molecule has 0 aromatic heterocycles. The van der Waals surface area contributed by atoms with Gasteiger partial charge in [-0.05, 0) is 43.2 Å². The fraction of sp³-hybridized carbons (Fsp3) is 0.300. The third kappa shape index (κ3) is 4.83. The molecule has 25 heavy (non-hydrogen) atoms. The minimum absolute atomic E-state index is 0.0208. The Balaban J connectivity index is 2.05. The van der Waals surface area contributed by atoms with Gasteiger partial charge in [0.25, 0.3) is 0 Å². The van der Waals surface area contributed by atoms with Crippen molar-refractivity contribution in [1.82, 2.24) is 5.32 Å². The van der Waals surface area contributed by atoms with Gasteiger partial charge in [-0.3, -0.25) is 9.59 Å². The molecule has 0 aliphatic rings. The number of rotatable bonds is 6. The van der Waals surface area contributed by atoms with Gasteiger partial charge in [-0.2, -0.15) is 0 Å². The number of anilines is 1. The number of aryl methyl sites for hydroxylation is 2. The van der Waals surface area contributed by atoms with Gasteiger partial charge >= 0.3 is 0 Å². The average Bonchev–Trinajstić information content (AvgIpc) is 2.60. The molecule has 0 fully saturated rings. The molecule has 2 aromatic rings. The van der Waals surface area contributed by atoms with Crippen molar-refractivity contribution in [3.8, 4) is 5.75 Å². The zero-order valence-corrected chi connectivity index (χ0v) is 15.1. The molecular formula is C20H24N2O3. The van der Waals surface area contributed by atoms with Crippen molar-refractivity contribution in [2.45, 2.75) is 27.3 Å². The predicted octanol–water partition coefficient (Wildman–Crippen LogP) is 2.98. The van der Waals surface area contributed by atoms with Crippen LogP contribution in [0.5, 0.6) is 5.75 Å². The summed E-state index contributed by atoms with van der Waals surface area (Å²) < 4.78 is 5.27. The summed E-state index contributed by atoms with van der Waals surface area (Å²) in [5.74, 6) is 0.329. The molecule has 2 aromatic carbocycles. The number of hydrogen-bond donors (Lipinski definition) is 1. The van der Waals surface area contributed by atoms with Gasteiger partial charge in [-0.1, -0.05) is 24.3 Å². The highest BCUT2D eigenvalue weighted by Crippen LogP contribution is 2.19. The number of ether oxygens (including phenoxy) is 1. The molecule has 5 heteroatoms. The quantitative estimate of drug-likeness (QED) is 0.879. The van der Waals surface area contributed by atoms with E-state index in [2.05, 4.69) is 5.32 Å². The molecule has 0 radical (unpaired) electrons. The van der Waals surface area contributed by atoms with Crippen molar-refractivity contribution in [2.24, 2.45) is 0 Å². The van der Waals surface area contributed by atoms with Crippen molar-refractivity contribution in [2.75, 3.05) is 18.6 Å². The topological polar surface area (TPSA) is 58.6 Å². The molecule has 0 saturated carbocycles. The predicted molar refractivity (Wildman–Crippen MR) is 98.8 cm³/mol. The van der Waals surface area contributed by atoms with Crippen LogP contribution in [0.1, 0.15) is 23.6 Å². The molecule has 0 spiro atoms. The molecule has 1 N–H and O–H groups in total. The van der Waals surface area contributed by atoms with E-state index in [4.69, 9.17) is 4.74 Å². The minimum Gasteiger partial charge on any atom is -0.496 e. The van der Waals surface area contributed by atoms with Crippen LogP contribution in [0.25, 0.3) is 0 Å². The largest absolute Gasteiger partial charge is 0.496 e. The lowest BCUT2D eigenvalue weighted by molar-refractivity contribution is -0.123. The van der Waals surface area contributed by atoms with Crippen LogP contribution in [0.4, 0.5) is 5.69 Å². The van der Waals surface area contributed by atoms with Crippen molar-refractivity contribution >= 4 is 17.5 Å². The van der Waals surface area contributed by atoms with Gasteiger partial charge in [0.05, 0.1) is 7.11 Å². The Morgan fingerprint density at radius 1 is 1.08 bits per heavy atom. The smallest absolute Gasteiger partial charge is 0.240 e.